The van der Waals surface area contributed by atoms with Gasteiger partial charge in [-0.15, -0.1) is 0 Å². The molecule has 2 aliphatic heterocycles. The van der Waals surface area contributed by atoms with Crippen molar-refractivity contribution in [1.82, 2.24) is 15.0 Å². The Morgan fingerprint density at radius 3 is 1.82 bits per heavy atom. The van der Waals surface area contributed by atoms with Crippen molar-refractivity contribution >= 4 is 0 Å². The van der Waals surface area contributed by atoms with Crippen LogP contribution in [0.15, 0.2) is 30.6 Å². The molecule has 1 aromatic rings. The molecule has 94 valence electrons. The Labute approximate surface area is 103 Å². The minimum Gasteiger partial charge on any atom is -0.379 e. The van der Waals surface area contributed by atoms with Gasteiger partial charge in [0.2, 0.25) is 0 Å². The number of pyridine rings is 1. The molecule has 3 heterocycles. The molecule has 1 aromatic heterocycles. The minimum absolute atomic E-state index is 0.913. The smallest absolute Gasteiger partial charge is 0.0608 e. The van der Waals surface area contributed by atoms with E-state index in [1.165, 1.54) is 25.9 Å². The van der Waals surface area contributed by atoms with E-state index in [-0.39, 0.29) is 0 Å². The van der Waals surface area contributed by atoms with Gasteiger partial charge < -0.3 is 4.74 Å². The van der Waals surface area contributed by atoms with Crippen molar-refractivity contribution in [2.75, 3.05) is 39.4 Å². The third-order valence-corrected chi connectivity index (χ3v) is 3.04. The first-order valence-corrected chi connectivity index (χ1v) is 6.39. The molecule has 0 bridgehead atoms. The minimum atomic E-state index is 0.913. The second kappa shape index (κ2) is 7.37. The number of ether oxygens (including phenoxy) is 1. The van der Waals surface area contributed by atoms with Crippen LogP contribution in [0.3, 0.4) is 0 Å². The van der Waals surface area contributed by atoms with E-state index in [9.17, 15) is 0 Å². The second-order valence-electron chi connectivity index (χ2n) is 4.25. The molecule has 2 saturated heterocycles. The average Bonchev–Trinajstić information content (AvgIpc) is 2.96. The van der Waals surface area contributed by atoms with Crippen molar-refractivity contribution < 1.29 is 4.74 Å². The molecule has 4 nitrogen and oxygen atoms in total. The molecule has 0 radical (unpaired) electrons. The molecule has 17 heavy (non-hydrogen) atoms. The van der Waals surface area contributed by atoms with Crippen LogP contribution in [0.1, 0.15) is 12.8 Å². The lowest BCUT2D eigenvalue weighted by Crippen LogP contribution is -2.47. The summed E-state index contributed by atoms with van der Waals surface area (Å²) in [7, 11) is 0. The molecule has 0 aromatic carbocycles. The second-order valence-corrected chi connectivity index (χ2v) is 4.25. The highest BCUT2D eigenvalue weighted by Crippen LogP contribution is 2.11. The fraction of sp³-hybridized carbons (Fsp3) is 0.615. The van der Waals surface area contributed by atoms with Crippen molar-refractivity contribution in [3.8, 4) is 0 Å². The van der Waals surface area contributed by atoms with Crippen LogP contribution in [-0.2, 0) is 4.74 Å². The van der Waals surface area contributed by atoms with Crippen LogP contribution in [-0.4, -0.2) is 54.4 Å². The van der Waals surface area contributed by atoms with E-state index in [2.05, 4.69) is 15.0 Å². The lowest BCUT2D eigenvalue weighted by Gasteiger charge is -2.34. The van der Waals surface area contributed by atoms with Crippen LogP contribution in [0.5, 0.6) is 0 Å². The van der Waals surface area contributed by atoms with Gasteiger partial charge in [-0.05, 0) is 25.0 Å². The first-order valence-electron chi connectivity index (χ1n) is 6.39. The molecule has 0 aliphatic carbocycles. The summed E-state index contributed by atoms with van der Waals surface area (Å²) in [6.07, 6.45) is 6.24. The summed E-state index contributed by atoms with van der Waals surface area (Å²) in [5, 5.41) is 4.92. The SMILES string of the molecule is C1CCN(N2CCOCC2)C1.c1ccncc1. The number of nitrogens with zero attached hydrogens (tertiary/aromatic N) is 3. The largest absolute Gasteiger partial charge is 0.379 e. The lowest BCUT2D eigenvalue weighted by atomic mass is 10.4. The molecule has 2 aliphatic rings. The Bertz CT molecular complexity index is 255. The summed E-state index contributed by atoms with van der Waals surface area (Å²) in [5.74, 6) is 0. The fourth-order valence-electron chi connectivity index (χ4n) is 2.13. The van der Waals surface area contributed by atoms with Crippen molar-refractivity contribution in [2.24, 2.45) is 0 Å². The molecular formula is C13H21N3O. The Morgan fingerprint density at radius 2 is 1.35 bits per heavy atom. The van der Waals surface area contributed by atoms with E-state index in [4.69, 9.17) is 4.74 Å². The maximum atomic E-state index is 5.29. The third kappa shape index (κ3) is 4.42. The van der Waals surface area contributed by atoms with Gasteiger partial charge >= 0.3 is 0 Å². The van der Waals surface area contributed by atoms with Gasteiger partial charge in [0, 0.05) is 38.6 Å². The molecular weight excluding hydrogens is 214 g/mol. The molecule has 3 rings (SSSR count). The van der Waals surface area contributed by atoms with E-state index in [0.717, 1.165) is 26.3 Å². The molecule has 0 unspecified atom stereocenters. The highest BCUT2D eigenvalue weighted by atomic mass is 16.5. The van der Waals surface area contributed by atoms with E-state index < -0.39 is 0 Å². The summed E-state index contributed by atoms with van der Waals surface area (Å²) in [6, 6.07) is 5.72. The van der Waals surface area contributed by atoms with Gasteiger partial charge in [-0.3, -0.25) is 4.98 Å². The van der Waals surface area contributed by atoms with Crippen molar-refractivity contribution in [1.29, 1.82) is 0 Å². The number of hydrogen-bond donors (Lipinski definition) is 0. The third-order valence-electron chi connectivity index (χ3n) is 3.04. The van der Waals surface area contributed by atoms with Crippen molar-refractivity contribution in [3.05, 3.63) is 30.6 Å². The zero-order valence-corrected chi connectivity index (χ0v) is 10.3. The van der Waals surface area contributed by atoms with Gasteiger partial charge in [-0.2, -0.15) is 0 Å². The van der Waals surface area contributed by atoms with Crippen LogP contribution in [0.2, 0.25) is 0 Å². The van der Waals surface area contributed by atoms with Gasteiger partial charge in [-0.25, -0.2) is 10.0 Å². The van der Waals surface area contributed by atoms with Gasteiger partial charge in [0.1, 0.15) is 0 Å². The van der Waals surface area contributed by atoms with Crippen LogP contribution < -0.4 is 0 Å². The highest BCUT2D eigenvalue weighted by Gasteiger charge is 2.20. The predicted octanol–water partition coefficient (Wildman–Crippen LogP) is 1.41. The van der Waals surface area contributed by atoms with Crippen molar-refractivity contribution in [3.63, 3.8) is 0 Å². The lowest BCUT2D eigenvalue weighted by molar-refractivity contribution is -0.0772. The molecule has 0 N–H and O–H groups in total. The van der Waals surface area contributed by atoms with Crippen LogP contribution in [0.25, 0.3) is 0 Å². The normalized spacial score (nSPS) is 21.9. The molecule has 0 amide bonds. The predicted molar refractivity (Wildman–Crippen MR) is 67.4 cm³/mol. The monoisotopic (exact) mass is 235 g/mol. The van der Waals surface area contributed by atoms with Gasteiger partial charge in [0.05, 0.1) is 13.2 Å². The number of hydrazine groups is 1. The standard InChI is InChI=1S/C8H16N2O.C5H5N/c1-2-4-9(3-1)10-5-7-11-8-6-10;1-2-4-6-5-3-1/h1-8H2;1-5H. The Kier molecular flexibility index (Phi) is 5.42. The average molecular weight is 235 g/mol. The quantitative estimate of drug-likeness (QED) is 0.736. The number of rotatable bonds is 1. The molecule has 0 spiro atoms. The van der Waals surface area contributed by atoms with Gasteiger partial charge in [0.15, 0.2) is 0 Å². The van der Waals surface area contributed by atoms with E-state index in [1.807, 2.05) is 18.2 Å². The van der Waals surface area contributed by atoms with Crippen molar-refractivity contribution in [2.45, 2.75) is 12.8 Å². The fourth-order valence-corrected chi connectivity index (χ4v) is 2.13. The Hall–Kier alpha value is -0.970. The van der Waals surface area contributed by atoms with E-state index in [1.54, 1.807) is 12.4 Å². The van der Waals surface area contributed by atoms with Gasteiger partial charge in [0.25, 0.3) is 0 Å². The van der Waals surface area contributed by atoms with Crippen LogP contribution >= 0.6 is 0 Å². The highest BCUT2D eigenvalue weighted by molar-refractivity contribution is 4.88. The first kappa shape index (κ1) is 12.5. The number of hydrogen-bond acceptors (Lipinski definition) is 4. The first-order chi connectivity index (χ1) is 8.47. The van der Waals surface area contributed by atoms with Crippen LogP contribution in [0.4, 0.5) is 0 Å². The zero-order valence-electron chi connectivity index (χ0n) is 10.3. The van der Waals surface area contributed by atoms with Gasteiger partial charge in [-0.1, -0.05) is 6.07 Å². The molecule has 4 heteroatoms. The summed E-state index contributed by atoms with van der Waals surface area (Å²) in [4.78, 5) is 3.78. The summed E-state index contributed by atoms with van der Waals surface area (Å²) in [6.45, 7) is 6.55. The van der Waals surface area contributed by atoms with Crippen LogP contribution in [0, 0.1) is 0 Å². The Morgan fingerprint density at radius 1 is 0.765 bits per heavy atom. The Balaban J connectivity index is 0.000000153. The molecule has 0 atom stereocenters. The summed E-state index contributed by atoms with van der Waals surface area (Å²) >= 11 is 0. The number of aromatic nitrogens is 1. The maximum absolute atomic E-state index is 5.29. The number of morpholine rings is 1. The van der Waals surface area contributed by atoms with E-state index in [0.29, 0.717) is 0 Å². The topological polar surface area (TPSA) is 28.6 Å². The molecule has 2 fully saturated rings. The van der Waals surface area contributed by atoms with E-state index >= 15 is 0 Å². The molecule has 0 saturated carbocycles. The maximum Gasteiger partial charge on any atom is 0.0608 e. The zero-order chi connectivity index (χ0) is 11.8. The summed E-state index contributed by atoms with van der Waals surface area (Å²) < 4.78 is 5.29. The summed E-state index contributed by atoms with van der Waals surface area (Å²) in [5.41, 5.74) is 0.